The maximum Gasteiger partial charge on any atom is 0.257 e. The average Bonchev–Trinajstić information content (AvgIpc) is 2.78. The number of carbonyl (C=O) groups is 1. The molecule has 2 atom stereocenters. The molecular formula is C26H33ClN2O3. The lowest BCUT2D eigenvalue weighted by Crippen LogP contribution is -2.48. The van der Waals surface area contributed by atoms with Crippen molar-refractivity contribution in [3.8, 4) is 5.75 Å². The van der Waals surface area contributed by atoms with Crippen molar-refractivity contribution in [1.29, 1.82) is 0 Å². The van der Waals surface area contributed by atoms with Crippen LogP contribution in [0.25, 0.3) is 0 Å². The van der Waals surface area contributed by atoms with Crippen molar-refractivity contribution in [3.05, 3.63) is 64.7 Å². The Morgan fingerprint density at radius 2 is 1.69 bits per heavy atom. The zero-order chi connectivity index (χ0) is 22.5. The summed E-state index contributed by atoms with van der Waals surface area (Å²) in [4.78, 5) is 17.8. The van der Waals surface area contributed by atoms with Crippen molar-refractivity contribution in [1.82, 2.24) is 9.80 Å². The number of hydrogen-bond acceptors (Lipinski definition) is 4. The Kier molecular flexibility index (Phi) is 7.71. The number of rotatable bonds is 6. The number of para-hydroxylation sites is 1. The molecule has 172 valence electrons. The van der Waals surface area contributed by atoms with Crippen LogP contribution in [0.2, 0.25) is 5.02 Å². The molecule has 0 bridgehead atoms. The Morgan fingerprint density at radius 3 is 2.38 bits per heavy atom. The molecule has 2 aliphatic heterocycles. The van der Waals surface area contributed by atoms with Crippen molar-refractivity contribution in [2.75, 3.05) is 32.7 Å². The Hall–Kier alpha value is -2.08. The van der Waals surface area contributed by atoms with E-state index in [0.717, 1.165) is 51.1 Å². The van der Waals surface area contributed by atoms with E-state index in [1.807, 2.05) is 53.4 Å². The molecule has 2 aliphatic rings. The lowest BCUT2D eigenvalue weighted by molar-refractivity contribution is -0.0728. The van der Waals surface area contributed by atoms with E-state index in [2.05, 4.69) is 18.7 Å². The maximum atomic E-state index is 13.3. The first kappa shape index (κ1) is 23.1. The normalized spacial score (nSPS) is 22.7. The van der Waals surface area contributed by atoms with E-state index < -0.39 is 0 Å². The molecule has 2 aromatic carbocycles. The van der Waals surface area contributed by atoms with Crippen LogP contribution >= 0.6 is 11.6 Å². The molecule has 2 unspecified atom stereocenters. The van der Waals surface area contributed by atoms with Gasteiger partial charge in [0.15, 0.2) is 0 Å². The van der Waals surface area contributed by atoms with Gasteiger partial charge in [-0.3, -0.25) is 9.69 Å². The van der Waals surface area contributed by atoms with Gasteiger partial charge in [0.1, 0.15) is 12.4 Å². The number of hydrogen-bond donors (Lipinski definition) is 0. The van der Waals surface area contributed by atoms with Crippen molar-refractivity contribution in [2.45, 2.75) is 45.5 Å². The minimum Gasteiger partial charge on any atom is -0.488 e. The largest absolute Gasteiger partial charge is 0.488 e. The summed E-state index contributed by atoms with van der Waals surface area (Å²) in [7, 11) is 0. The van der Waals surface area contributed by atoms with E-state index >= 15 is 0 Å². The molecule has 2 saturated heterocycles. The number of amides is 1. The Balaban J connectivity index is 1.31. The van der Waals surface area contributed by atoms with E-state index in [1.54, 1.807) is 0 Å². The van der Waals surface area contributed by atoms with Crippen LogP contribution in [0.4, 0.5) is 0 Å². The minimum atomic E-state index is 0.0590. The Bertz CT molecular complexity index is 886. The monoisotopic (exact) mass is 456 g/mol. The van der Waals surface area contributed by atoms with Gasteiger partial charge in [0.05, 0.1) is 17.8 Å². The molecule has 2 aromatic rings. The second kappa shape index (κ2) is 10.7. The second-order valence-electron chi connectivity index (χ2n) is 9.12. The lowest BCUT2D eigenvalue weighted by Gasteiger charge is -2.39. The summed E-state index contributed by atoms with van der Waals surface area (Å²) in [6.45, 7) is 9.39. The molecule has 4 rings (SSSR count). The van der Waals surface area contributed by atoms with Gasteiger partial charge in [-0.25, -0.2) is 0 Å². The summed E-state index contributed by atoms with van der Waals surface area (Å²) in [5.74, 6) is 1.32. The van der Waals surface area contributed by atoms with Crippen LogP contribution in [0.5, 0.6) is 5.75 Å². The summed E-state index contributed by atoms with van der Waals surface area (Å²) < 4.78 is 11.9. The SMILES string of the molecule is CC1CN(CC2CCN(C(=O)c3ccccc3OCc3ccc(Cl)cc3)CC2)CC(C)O1. The van der Waals surface area contributed by atoms with Crippen LogP contribution < -0.4 is 4.74 Å². The van der Waals surface area contributed by atoms with Gasteiger partial charge in [-0.05, 0) is 62.4 Å². The number of ether oxygens (including phenoxy) is 2. The van der Waals surface area contributed by atoms with Crippen LogP contribution in [-0.4, -0.2) is 60.6 Å². The molecule has 5 nitrogen and oxygen atoms in total. The fourth-order valence-corrected chi connectivity index (χ4v) is 4.92. The third-order valence-electron chi connectivity index (χ3n) is 6.34. The van der Waals surface area contributed by atoms with E-state index in [9.17, 15) is 4.79 Å². The van der Waals surface area contributed by atoms with Crippen LogP contribution in [0.15, 0.2) is 48.5 Å². The Morgan fingerprint density at radius 1 is 1.03 bits per heavy atom. The van der Waals surface area contributed by atoms with Crippen molar-refractivity contribution in [2.24, 2.45) is 5.92 Å². The first-order valence-electron chi connectivity index (χ1n) is 11.6. The van der Waals surface area contributed by atoms with Crippen LogP contribution in [-0.2, 0) is 11.3 Å². The average molecular weight is 457 g/mol. The summed E-state index contributed by atoms with van der Waals surface area (Å²) >= 11 is 5.96. The summed E-state index contributed by atoms with van der Waals surface area (Å²) in [6, 6.07) is 15.1. The second-order valence-corrected chi connectivity index (χ2v) is 9.56. The maximum absolute atomic E-state index is 13.3. The van der Waals surface area contributed by atoms with Gasteiger partial charge in [0, 0.05) is 37.7 Å². The lowest BCUT2D eigenvalue weighted by atomic mass is 9.95. The highest BCUT2D eigenvalue weighted by Gasteiger charge is 2.29. The van der Waals surface area contributed by atoms with E-state index in [1.165, 1.54) is 0 Å². The molecule has 0 aromatic heterocycles. The molecule has 0 radical (unpaired) electrons. The molecule has 1 amide bonds. The van der Waals surface area contributed by atoms with E-state index in [0.29, 0.717) is 41.1 Å². The third-order valence-corrected chi connectivity index (χ3v) is 6.59. The molecular weight excluding hydrogens is 424 g/mol. The molecule has 0 N–H and O–H groups in total. The van der Waals surface area contributed by atoms with Gasteiger partial charge in [0.2, 0.25) is 0 Å². The summed E-state index contributed by atoms with van der Waals surface area (Å²) in [5, 5.41) is 0.699. The first-order chi connectivity index (χ1) is 15.5. The highest BCUT2D eigenvalue weighted by Crippen LogP contribution is 2.26. The number of carbonyl (C=O) groups excluding carboxylic acids is 1. The number of benzene rings is 2. The zero-order valence-electron chi connectivity index (χ0n) is 19.0. The summed E-state index contributed by atoms with van der Waals surface area (Å²) in [6.07, 6.45) is 2.67. The first-order valence-corrected chi connectivity index (χ1v) is 12.0. The highest BCUT2D eigenvalue weighted by molar-refractivity contribution is 6.30. The van der Waals surface area contributed by atoms with Gasteiger partial charge in [-0.2, -0.15) is 0 Å². The van der Waals surface area contributed by atoms with Gasteiger partial charge < -0.3 is 14.4 Å². The molecule has 2 heterocycles. The molecule has 0 spiro atoms. The number of halogens is 1. The zero-order valence-corrected chi connectivity index (χ0v) is 19.8. The molecule has 0 saturated carbocycles. The van der Waals surface area contributed by atoms with Crippen LogP contribution in [0.3, 0.4) is 0 Å². The Labute approximate surface area is 196 Å². The van der Waals surface area contributed by atoms with Crippen molar-refractivity contribution in [3.63, 3.8) is 0 Å². The van der Waals surface area contributed by atoms with Crippen LogP contribution in [0, 0.1) is 5.92 Å². The predicted octanol–water partition coefficient (Wildman–Crippen LogP) is 4.88. The standard InChI is InChI=1S/C26H33ClN2O3/c1-19-15-28(16-20(2)32-19)17-21-11-13-29(14-12-21)26(30)24-5-3-4-6-25(24)31-18-22-7-9-23(27)10-8-22/h3-10,19-21H,11-18H2,1-2H3. The quantitative estimate of drug-likeness (QED) is 0.621. The van der Waals surface area contributed by atoms with Gasteiger partial charge in [0.25, 0.3) is 5.91 Å². The smallest absolute Gasteiger partial charge is 0.257 e. The molecule has 6 heteroatoms. The topological polar surface area (TPSA) is 42.0 Å². The van der Waals surface area contributed by atoms with E-state index in [4.69, 9.17) is 21.1 Å². The number of morpholine rings is 1. The minimum absolute atomic E-state index is 0.0590. The number of piperidine rings is 1. The third kappa shape index (κ3) is 6.03. The number of nitrogens with zero attached hydrogens (tertiary/aromatic N) is 2. The predicted molar refractivity (Wildman–Crippen MR) is 127 cm³/mol. The van der Waals surface area contributed by atoms with Gasteiger partial charge in [-0.15, -0.1) is 0 Å². The summed E-state index contributed by atoms with van der Waals surface area (Å²) in [5.41, 5.74) is 1.65. The van der Waals surface area contributed by atoms with Crippen molar-refractivity contribution >= 4 is 17.5 Å². The van der Waals surface area contributed by atoms with Gasteiger partial charge in [-0.1, -0.05) is 35.9 Å². The van der Waals surface area contributed by atoms with Crippen molar-refractivity contribution < 1.29 is 14.3 Å². The molecule has 32 heavy (non-hydrogen) atoms. The molecule has 2 fully saturated rings. The fourth-order valence-electron chi connectivity index (χ4n) is 4.80. The van der Waals surface area contributed by atoms with E-state index in [-0.39, 0.29) is 5.91 Å². The fraction of sp³-hybridized carbons (Fsp3) is 0.500. The highest BCUT2D eigenvalue weighted by atomic mass is 35.5. The molecule has 0 aliphatic carbocycles. The van der Waals surface area contributed by atoms with Crippen LogP contribution in [0.1, 0.15) is 42.6 Å². The van der Waals surface area contributed by atoms with Gasteiger partial charge >= 0.3 is 0 Å². The number of likely N-dealkylation sites (tertiary alicyclic amines) is 1.